The fraction of sp³-hybridized carbons (Fsp3) is 0.455. The van der Waals surface area contributed by atoms with Crippen molar-refractivity contribution in [3.63, 3.8) is 0 Å². The van der Waals surface area contributed by atoms with Gasteiger partial charge in [-0.2, -0.15) is 0 Å². The zero-order valence-corrected chi connectivity index (χ0v) is 8.49. The Hall–Kier alpha value is -1.29. The van der Waals surface area contributed by atoms with Gasteiger partial charge in [-0.15, -0.1) is 0 Å². The van der Waals surface area contributed by atoms with Gasteiger partial charge in [-0.05, 0) is 31.0 Å². The van der Waals surface area contributed by atoms with E-state index in [0.717, 1.165) is 31.6 Å². The highest BCUT2D eigenvalue weighted by Gasteiger charge is 2.18. The third-order valence-corrected chi connectivity index (χ3v) is 2.79. The van der Waals surface area contributed by atoms with Gasteiger partial charge in [0.2, 0.25) is 0 Å². The topological polar surface area (TPSA) is 49.5 Å². The van der Waals surface area contributed by atoms with Crippen molar-refractivity contribution in [1.82, 2.24) is 0 Å². The van der Waals surface area contributed by atoms with Gasteiger partial charge in [0.15, 0.2) is 0 Å². The zero-order chi connectivity index (χ0) is 10.8. The molecule has 15 heavy (non-hydrogen) atoms. The highest BCUT2D eigenvalue weighted by atomic mass is 19.1. The molecule has 0 radical (unpaired) electrons. The van der Waals surface area contributed by atoms with Crippen molar-refractivity contribution in [2.45, 2.75) is 18.9 Å². The van der Waals surface area contributed by atoms with Crippen LogP contribution in [-0.4, -0.2) is 24.3 Å². The van der Waals surface area contributed by atoms with Gasteiger partial charge in [-0.1, -0.05) is 0 Å². The largest absolute Gasteiger partial charge is 0.397 e. The minimum Gasteiger partial charge on any atom is -0.397 e. The SMILES string of the molecule is Nc1cc(F)ccc1N1CCC(O)CC1. The molecule has 0 spiro atoms. The molecule has 0 saturated carbocycles. The second-order valence-electron chi connectivity index (χ2n) is 3.92. The van der Waals surface area contributed by atoms with Crippen molar-refractivity contribution in [3.05, 3.63) is 24.0 Å². The second kappa shape index (κ2) is 4.06. The molecule has 82 valence electrons. The normalized spacial score (nSPS) is 18.1. The highest BCUT2D eigenvalue weighted by Crippen LogP contribution is 2.26. The predicted octanol–water partition coefficient (Wildman–Crippen LogP) is 1.37. The Bertz CT molecular complexity index is 348. The molecular formula is C11H15FN2O. The van der Waals surface area contributed by atoms with Crippen LogP contribution in [0.1, 0.15) is 12.8 Å². The monoisotopic (exact) mass is 210 g/mol. The second-order valence-corrected chi connectivity index (χ2v) is 3.92. The highest BCUT2D eigenvalue weighted by molar-refractivity contribution is 5.67. The van der Waals surface area contributed by atoms with Gasteiger partial charge in [0.05, 0.1) is 17.5 Å². The van der Waals surface area contributed by atoms with Crippen molar-refractivity contribution < 1.29 is 9.50 Å². The maximum atomic E-state index is 12.8. The molecule has 0 bridgehead atoms. The van der Waals surface area contributed by atoms with Crippen LogP contribution in [0.15, 0.2) is 18.2 Å². The molecule has 4 heteroatoms. The molecule has 2 rings (SSSR count). The fourth-order valence-electron chi connectivity index (χ4n) is 1.92. The summed E-state index contributed by atoms with van der Waals surface area (Å²) in [6, 6.07) is 4.44. The number of nitrogen functional groups attached to an aromatic ring is 1. The minimum absolute atomic E-state index is 0.206. The first-order chi connectivity index (χ1) is 7.16. The number of rotatable bonds is 1. The summed E-state index contributed by atoms with van der Waals surface area (Å²) < 4.78 is 12.8. The Morgan fingerprint density at radius 1 is 1.33 bits per heavy atom. The number of aliphatic hydroxyl groups is 1. The molecule has 1 heterocycles. The molecule has 0 amide bonds. The van der Waals surface area contributed by atoms with Gasteiger partial charge in [0.1, 0.15) is 5.82 Å². The van der Waals surface area contributed by atoms with Gasteiger partial charge in [0.25, 0.3) is 0 Å². The minimum atomic E-state index is -0.312. The van der Waals surface area contributed by atoms with Gasteiger partial charge in [-0.25, -0.2) is 4.39 Å². The van der Waals surface area contributed by atoms with Crippen LogP contribution in [0.5, 0.6) is 0 Å². The summed E-state index contributed by atoms with van der Waals surface area (Å²) in [6.07, 6.45) is 1.29. The fourth-order valence-corrected chi connectivity index (χ4v) is 1.92. The smallest absolute Gasteiger partial charge is 0.125 e. The maximum absolute atomic E-state index is 12.8. The van der Waals surface area contributed by atoms with Crippen LogP contribution in [0, 0.1) is 5.82 Å². The standard InChI is InChI=1S/C11H15FN2O/c12-8-1-2-11(10(13)7-8)14-5-3-9(15)4-6-14/h1-2,7,9,15H,3-6,13H2. The first kappa shape index (κ1) is 10.2. The van der Waals surface area contributed by atoms with Gasteiger partial charge in [-0.3, -0.25) is 0 Å². The molecule has 0 unspecified atom stereocenters. The summed E-state index contributed by atoms with van der Waals surface area (Å²) >= 11 is 0. The molecule has 0 aliphatic carbocycles. The molecule has 0 atom stereocenters. The van der Waals surface area contributed by atoms with Crippen molar-refractivity contribution in [2.24, 2.45) is 0 Å². The van der Waals surface area contributed by atoms with E-state index in [-0.39, 0.29) is 11.9 Å². The Morgan fingerprint density at radius 2 is 2.00 bits per heavy atom. The average molecular weight is 210 g/mol. The summed E-state index contributed by atoms with van der Waals surface area (Å²) in [4.78, 5) is 2.08. The number of anilines is 2. The molecule has 1 saturated heterocycles. The number of hydrogen-bond donors (Lipinski definition) is 2. The molecule has 1 fully saturated rings. The summed E-state index contributed by atoms with van der Waals surface area (Å²) in [5.41, 5.74) is 7.07. The van der Waals surface area contributed by atoms with E-state index in [1.807, 2.05) is 0 Å². The van der Waals surface area contributed by atoms with E-state index in [9.17, 15) is 9.50 Å². The Labute approximate surface area is 88.3 Å². The van der Waals surface area contributed by atoms with Crippen molar-refractivity contribution in [3.8, 4) is 0 Å². The first-order valence-corrected chi connectivity index (χ1v) is 5.15. The van der Waals surface area contributed by atoms with Crippen LogP contribution in [0.25, 0.3) is 0 Å². The Balaban J connectivity index is 2.15. The van der Waals surface area contributed by atoms with Gasteiger partial charge >= 0.3 is 0 Å². The summed E-state index contributed by atoms with van der Waals surface area (Å²) in [5.74, 6) is -0.312. The quantitative estimate of drug-likeness (QED) is 0.688. The number of benzene rings is 1. The molecule has 1 aliphatic rings. The van der Waals surface area contributed by atoms with E-state index in [4.69, 9.17) is 5.73 Å². The lowest BCUT2D eigenvalue weighted by Crippen LogP contribution is -2.36. The lowest BCUT2D eigenvalue weighted by Gasteiger charge is -2.32. The molecule has 1 aromatic rings. The van der Waals surface area contributed by atoms with E-state index in [2.05, 4.69) is 4.90 Å². The first-order valence-electron chi connectivity index (χ1n) is 5.15. The number of hydrogen-bond acceptors (Lipinski definition) is 3. The van der Waals surface area contributed by atoms with Crippen LogP contribution < -0.4 is 10.6 Å². The van der Waals surface area contributed by atoms with Crippen molar-refractivity contribution in [2.75, 3.05) is 23.7 Å². The third kappa shape index (κ3) is 2.21. The maximum Gasteiger partial charge on any atom is 0.125 e. The molecule has 0 aromatic heterocycles. The molecular weight excluding hydrogens is 195 g/mol. The van der Waals surface area contributed by atoms with Crippen LogP contribution in [-0.2, 0) is 0 Å². The Morgan fingerprint density at radius 3 is 2.60 bits per heavy atom. The van der Waals surface area contributed by atoms with E-state index in [0.29, 0.717) is 5.69 Å². The summed E-state index contributed by atoms with van der Waals surface area (Å²) in [7, 11) is 0. The van der Waals surface area contributed by atoms with Crippen molar-refractivity contribution in [1.29, 1.82) is 0 Å². The molecule has 3 N–H and O–H groups in total. The Kier molecular flexibility index (Phi) is 2.77. The lowest BCUT2D eigenvalue weighted by atomic mass is 10.1. The van der Waals surface area contributed by atoms with E-state index in [1.54, 1.807) is 6.07 Å². The van der Waals surface area contributed by atoms with Crippen LogP contribution in [0.2, 0.25) is 0 Å². The number of nitrogens with two attached hydrogens (primary N) is 1. The van der Waals surface area contributed by atoms with Gasteiger partial charge < -0.3 is 15.7 Å². The molecule has 3 nitrogen and oxygen atoms in total. The average Bonchev–Trinajstić information content (AvgIpc) is 2.20. The zero-order valence-electron chi connectivity index (χ0n) is 8.49. The van der Waals surface area contributed by atoms with Crippen LogP contribution in [0.4, 0.5) is 15.8 Å². The summed E-state index contributed by atoms with van der Waals surface area (Å²) in [6.45, 7) is 1.55. The van der Waals surface area contributed by atoms with E-state index >= 15 is 0 Å². The molecule has 1 aromatic carbocycles. The van der Waals surface area contributed by atoms with Gasteiger partial charge in [0, 0.05) is 13.1 Å². The summed E-state index contributed by atoms with van der Waals surface area (Å²) in [5, 5.41) is 9.37. The van der Waals surface area contributed by atoms with E-state index < -0.39 is 0 Å². The number of aliphatic hydroxyl groups excluding tert-OH is 1. The lowest BCUT2D eigenvalue weighted by molar-refractivity contribution is 0.145. The van der Waals surface area contributed by atoms with Crippen LogP contribution >= 0.6 is 0 Å². The van der Waals surface area contributed by atoms with Crippen LogP contribution in [0.3, 0.4) is 0 Å². The number of piperidine rings is 1. The van der Waals surface area contributed by atoms with E-state index in [1.165, 1.54) is 12.1 Å². The third-order valence-electron chi connectivity index (χ3n) is 2.79. The van der Waals surface area contributed by atoms with Crippen molar-refractivity contribution >= 4 is 11.4 Å². The predicted molar refractivity (Wildman–Crippen MR) is 58.3 cm³/mol. The molecule has 1 aliphatic heterocycles. The number of nitrogens with zero attached hydrogens (tertiary/aromatic N) is 1. The number of halogens is 1.